The Hall–Kier alpha value is 3.29. The minimum atomic E-state index is -5.17. The van der Waals surface area contributed by atoms with Crippen LogP contribution in [0.15, 0.2) is 0 Å². The third kappa shape index (κ3) is 731. The second-order valence-corrected chi connectivity index (χ2v) is 2.45. The molecule has 0 aliphatic heterocycles. The van der Waals surface area contributed by atoms with E-state index in [-0.39, 0.29) is 153 Å². The summed E-state index contributed by atoms with van der Waals surface area (Å²) in [6.45, 7) is 0. The van der Waals surface area contributed by atoms with Crippen LogP contribution in [-0.4, -0.2) is 46.0 Å². The summed E-state index contributed by atoms with van der Waals surface area (Å²) < 4.78 is 68.2. The van der Waals surface area contributed by atoms with Gasteiger partial charge in [-0.3, -0.25) is 16.8 Å². The van der Waals surface area contributed by atoms with E-state index in [2.05, 4.69) is 0 Å². The Morgan fingerprint density at radius 3 is 0.526 bits per heavy atom. The van der Waals surface area contributed by atoms with E-state index in [1.807, 2.05) is 0 Å². The molecule has 0 saturated carbocycles. The van der Waals surface area contributed by atoms with Gasteiger partial charge in [0.25, 0.3) is 0 Å². The van der Waals surface area contributed by atoms with Gasteiger partial charge in [0.15, 0.2) is 0 Å². The minimum Gasteiger partial charge on any atom is -0.759 e. The first-order valence-corrected chi connectivity index (χ1v) is 4.00. The summed E-state index contributed by atoms with van der Waals surface area (Å²) in [6, 6.07) is 0. The maximum atomic E-state index is 8.52. The molecule has 14 nitrogen and oxygen atoms in total. The first-order valence-electron chi connectivity index (χ1n) is 1.33. The van der Waals surface area contributed by atoms with E-state index in [1.54, 1.807) is 0 Å². The molecule has 19 heavy (non-hydrogen) atoms. The molecule has 0 fully saturated rings. The third-order valence-electron chi connectivity index (χ3n) is 0. The fourth-order valence-corrected chi connectivity index (χ4v) is 0. The average molecular weight is 446 g/mol. The second-order valence-electron chi connectivity index (χ2n) is 0.816. The van der Waals surface area contributed by atoms with Crippen molar-refractivity contribution in [2.45, 2.75) is 0 Å². The van der Waals surface area contributed by atoms with Crippen LogP contribution in [0.3, 0.4) is 0 Å². The Kier molecular flexibility index (Phi) is 156. The predicted molar refractivity (Wildman–Crippen MR) is 47.7 cm³/mol. The number of rotatable bonds is 0. The molecule has 0 amide bonds. The van der Waals surface area contributed by atoms with E-state index in [4.69, 9.17) is 35.0 Å². The van der Waals surface area contributed by atoms with Gasteiger partial charge >= 0.3 is 120 Å². The van der Waals surface area contributed by atoms with Gasteiger partial charge in [-0.15, -0.1) is 0 Å². The summed E-state index contributed by atoms with van der Waals surface area (Å²) in [5, 5.41) is 0. The molecule has 0 spiro atoms. The van der Waals surface area contributed by atoms with Gasteiger partial charge in [-0.2, -0.15) is 0 Å². The molecule has 1 radical (unpaired) electrons. The van der Waals surface area contributed by atoms with Crippen LogP contribution in [0.4, 0.5) is 0 Å². The van der Waals surface area contributed by atoms with Crippen LogP contribution in [-0.2, 0) is 59.8 Å². The fraction of sp³-hybridized carbons (Fsp3) is 0. The number of hydrogen-bond donors (Lipinski definition) is 0. The maximum absolute atomic E-state index is 8.52. The van der Waals surface area contributed by atoms with E-state index in [1.165, 1.54) is 0 Å². The summed E-state index contributed by atoms with van der Waals surface area (Å²) in [5.74, 6) is 0. The van der Waals surface area contributed by atoms with E-state index in [0.29, 0.717) is 0 Å². The molecule has 121 valence electrons. The Labute approximate surface area is 204 Å². The standard InChI is InChI=1S/Cu.2K.2H2O4S.6H2O/c;;;2*1-5(2,3)4;;;;;;/h;;;2*(H2,1,2,3,4);6*1H2/q+2;2*+1;;;;;;;;. The first-order chi connectivity index (χ1) is 4.00. The van der Waals surface area contributed by atoms with Crippen molar-refractivity contribution >= 4 is 20.8 Å². The third-order valence-corrected chi connectivity index (χ3v) is 0. The van der Waals surface area contributed by atoms with Crippen LogP contribution < -0.4 is 103 Å². The van der Waals surface area contributed by atoms with Crippen molar-refractivity contribution in [2.75, 3.05) is 0 Å². The van der Waals surface area contributed by atoms with E-state index >= 15 is 0 Å². The molecule has 0 aromatic carbocycles. The van der Waals surface area contributed by atoms with Crippen molar-refractivity contribution in [3.05, 3.63) is 0 Å². The Balaban J connectivity index is -0.00000000508. The average Bonchev–Trinajstić information content (AvgIpc) is 1.12. The molecule has 0 aliphatic rings. The zero-order valence-corrected chi connectivity index (χ0v) is 18.5. The zero-order valence-electron chi connectivity index (χ0n) is 9.69. The van der Waals surface area contributed by atoms with Crippen molar-refractivity contribution in [3.63, 3.8) is 0 Å². The number of hydrogen-bond acceptors (Lipinski definition) is 8. The first kappa shape index (κ1) is 79.3. The van der Waals surface area contributed by atoms with Gasteiger partial charge in [0, 0.05) is 20.8 Å². The molecule has 0 unspecified atom stereocenters. The van der Waals surface area contributed by atoms with Crippen LogP contribution in [0.25, 0.3) is 0 Å². The smallest absolute Gasteiger partial charge is 0.759 e. The van der Waals surface area contributed by atoms with Crippen molar-refractivity contribution < 1.29 is 188 Å². The molecule has 19 heteroatoms. The second kappa shape index (κ2) is 37.5. The van der Waals surface area contributed by atoms with Gasteiger partial charge in [-0.25, -0.2) is 0 Å². The predicted octanol–water partition coefficient (Wildman–Crippen LogP) is -14.0. The van der Waals surface area contributed by atoms with E-state index in [0.717, 1.165) is 0 Å². The summed E-state index contributed by atoms with van der Waals surface area (Å²) in [6.07, 6.45) is 0. The molecule has 0 aliphatic carbocycles. The summed E-state index contributed by atoms with van der Waals surface area (Å²) in [5.41, 5.74) is 0. The molecule has 0 saturated heterocycles. The maximum Gasteiger partial charge on any atom is 2.00 e. The molecule has 0 atom stereocenters. The van der Waals surface area contributed by atoms with Gasteiger partial charge in [0.2, 0.25) is 0 Å². The van der Waals surface area contributed by atoms with Crippen molar-refractivity contribution in [3.8, 4) is 0 Å². The van der Waals surface area contributed by atoms with Crippen LogP contribution in [0.1, 0.15) is 0 Å². The van der Waals surface area contributed by atoms with Crippen molar-refractivity contribution in [2.24, 2.45) is 0 Å². The minimum absolute atomic E-state index is 0. The Bertz CT molecular complexity index is 220. The molecule has 16 N–H and O–H groups in total. The van der Waals surface area contributed by atoms with Crippen molar-refractivity contribution in [1.82, 2.24) is 0 Å². The van der Waals surface area contributed by atoms with Crippen LogP contribution in [0.2, 0.25) is 0 Å². The van der Waals surface area contributed by atoms with Gasteiger partial charge in [0.05, 0.1) is 0 Å². The summed E-state index contributed by atoms with van der Waals surface area (Å²) in [7, 11) is -10.3. The van der Waals surface area contributed by atoms with E-state index < -0.39 is 20.8 Å². The van der Waals surface area contributed by atoms with Gasteiger partial charge in [-0.05, 0) is 0 Å². The fourth-order valence-electron chi connectivity index (χ4n) is 0. The molecule has 0 bridgehead atoms. The SMILES string of the molecule is O.O.O=S(=O)([O-])[O-].O=S(=O)([O-])[O-].[Cu+2].[K+].[K+].[OH3+].[OH3+].[OH3+].[OH3+]. The van der Waals surface area contributed by atoms with Gasteiger partial charge in [0.1, 0.15) is 0 Å². The summed E-state index contributed by atoms with van der Waals surface area (Å²) >= 11 is 0. The monoisotopic (exact) mass is 445 g/mol. The van der Waals surface area contributed by atoms with Gasteiger partial charge < -0.3 is 51.1 Å². The molecule has 0 heterocycles. The van der Waals surface area contributed by atoms with Crippen LogP contribution in [0, 0.1) is 0 Å². The molecular formula is H16CuK2O14S2+4. The Morgan fingerprint density at radius 1 is 0.526 bits per heavy atom. The quantitative estimate of drug-likeness (QED) is 0.148. The normalized spacial score (nSPS) is 6.11. The van der Waals surface area contributed by atoms with Gasteiger partial charge in [-0.1, -0.05) is 0 Å². The molecule has 0 aromatic heterocycles. The van der Waals surface area contributed by atoms with E-state index in [9.17, 15) is 0 Å². The molecule has 0 rings (SSSR count). The summed E-state index contributed by atoms with van der Waals surface area (Å²) in [4.78, 5) is 0. The molecule has 0 aromatic rings. The molecular weight excluding hydrogens is 430 g/mol. The largest absolute Gasteiger partial charge is 2.00 e. The zero-order chi connectivity index (χ0) is 9.00. The van der Waals surface area contributed by atoms with Crippen LogP contribution >= 0.6 is 0 Å². The van der Waals surface area contributed by atoms with Crippen LogP contribution in [0.5, 0.6) is 0 Å². The van der Waals surface area contributed by atoms with Crippen molar-refractivity contribution in [1.29, 1.82) is 0 Å². The Morgan fingerprint density at radius 2 is 0.526 bits per heavy atom. The topological polar surface area (TPSA) is 356 Å².